The standard InChI is InChI=1S/C9H14N4O3S/c1-6-11-12-8(17-6)10-9(14)13(2)5-7-15-3-4-16-7/h7H,3-5H2,1-2H3,(H,10,12,14). The van der Waals surface area contributed by atoms with Crippen molar-refractivity contribution in [2.24, 2.45) is 0 Å². The minimum atomic E-state index is -0.332. The second-order valence-electron chi connectivity index (χ2n) is 3.61. The number of urea groups is 1. The molecule has 2 heterocycles. The molecular weight excluding hydrogens is 244 g/mol. The highest BCUT2D eigenvalue weighted by Gasteiger charge is 2.21. The highest BCUT2D eigenvalue weighted by atomic mass is 32.1. The van der Waals surface area contributed by atoms with Crippen LogP contribution in [-0.2, 0) is 9.47 Å². The van der Waals surface area contributed by atoms with Crippen LogP contribution in [0.4, 0.5) is 9.93 Å². The largest absolute Gasteiger partial charge is 0.348 e. The average molecular weight is 258 g/mol. The van der Waals surface area contributed by atoms with Crippen LogP contribution in [-0.4, -0.2) is 54.2 Å². The number of carbonyl (C=O) groups excluding carboxylic acids is 1. The van der Waals surface area contributed by atoms with Crippen LogP contribution in [0.1, 0.15) is 5.01 Å². The number of hydrogen-bond donors (Lipinski definition) is 1. The quantitative estimate of drug-likeness (QED) is 0.863. The van der Waals surface area contributed by atoms with Crippen molar-refractivity contribution in [2.45, 2.75) is 13.2 Å². The molecule has 0 aliphatic carbocycles. The van der Waals surface area contributed by atoms with Gasteiger partial charge in [-0.3, -0.25) is 5.32 Å². The Morgan fingerprint density at radius 1 is 1.53 bits per heavy atom. The molecule has 0 spiro atoms. The summed E-state index contributed by atoms with van der Waals surface area (Å²) in [5.74, 6) is 0. The number of aryl methyl sites for hydroxylation is 1. The molecule has 2 amide bonds. The lowest BCUT2D eigenvalue weighted by Crippen LogP contribution is -2.37. The van der Waals surface area contributed by atoms with E-state index >= 15 is 0 Å². The molecule has 1 saturated heterocycles. The molecule has 8 heteroatoms. The van der Waals surface area contributed by atoms with Gasteiger partial charge < -0.3 is 14.4 Å². The Labute approximate surface area is 103 Å². The van der Waals surface area contributed by atoms with Gasteiger partial charge in [-0.15, -0.1) is 10.2 Å². The third-order valence-corrected chi connectivity index (χ3v) is 2.95. The normalized spacial score (nSPS) is 16.1. The number of anilines is 1. The van der Waals surface area contributed by atoms with E-state index in [1.54, 1.807) is 7.05 Å². The van der Waals surface area contributed by atoms with Crippen LogP contribution in [0.15, 0.2) is 0 Å². The minimum absolute atomic E-state index is 0.250. The molecule has 7 nitrogen and oxygen atoms in total. The molecule has 1 N–H and O–H groups in total. The van der Waals surface area contributed by atoms with E-state index in [0.29, 0.717) is 24.9 Å². The summed E-state index contributed by atoms with van der Waals surface area (Å²) < 4.78 is 10.5. The summed E-state index contributed by atoms with van der Waals surface area (Å²) in [6.45, 7) is 3.38. The Kier molecular flexibility index (Phi) is 3.87. The van der Waals surface area contributed by atoms with Gasteiger partial charge in [0.25, 0.3) is 0 Å². The number of likely N-dealkylation sites (N-methyl/N-ethyl adjacent to an activating group) is 1. The van der Waals surface area contributed by atoms with Crippen molar-refractivity contribution >= 4 is 22.5 Å². The average Bonchev–Trinajstić information content (AvgIpc) is 2.90. The number of nitrogens with one attached hydrogen (secondary N) is 1. The third-order valence-electron chi connectivity index (χ3n) is 2.20. The van der Waals surface area contributed by atoms with Crippen molar-refractivity contribution in [1.82, 2.24) is 15.1 Å². The summed E-state index contributed by atoms with van der Waals surface area (Å²) in [7, 11) is 1.67. The van der Waals surface area contributed by atoms with Crippen LogP contribution in [0.2, 0.25) is 0 Å². The highest BCUT2D eigenvalue weighted by molar-refractivity contribution is 7.15. The third kappa shape index (κ3) is 3.35. The molecule has 1 aromatic rings. The number of aromatic nitrogens is 2. The maximum absolute atomic E-state index is 11.8. The summed E-state index contributed by atoms with van der Waals surface area (Å²) in [4.78, 5) is 13.2. The van der Waals surface area contributed by atoms with Gasteiger partial charge in [0.1, 0.15) is 5.01 Å². The number of rotatable bonds is 3. The van der Waals surface area contributed by atoms with Crippen molar-refractivity contribution in [3.05, 3.63) is 5.01 Å². The number of ether oxygens (including phenoxy) is 2. The van der Waals surface area contributed by atoms with Crippen LogP contribution in [0.5, 0.6) is 0 Å². The zero-order valence-electron chi connectivity index (χ0n) is 9.67. The Bertz CT molecular complexity index is 391. The van der Waals surface area contributed by atoms with Crippen LogP contribution < -0.4 is 5.32 Å². The number of carbonyl (C=O) groups is 1. The van der Waals surface area contributed by atoms with Crippen molar-refractivity contribution in [3.8, 4) is 0 Å². The van der Waals surface area contributed by atoms with Crippen LogP contribution >= 0.6 is 11.3 Å². The van der Waals surface area contributed by atoms with E-state index in [1.807, 2.05) is 6.92 Å². The SMILES string of the molecule is Cc1nnc(NC(=O)N(C)CC2OCCO2)s1. The molecule has 0 aromatic carbocycles. The van der Waals surface area contributed by atoms with Gasteiger partial charge in [0.15, 0.2) is 6.29 Å². The van der Waals surface area contributed by atoms with E-state index in [-0.39, 0.29) is 12.3 Å². The minimum Gasteiger partial charge on any atom is -0.348 e. The zero-order valence-corrected chi connectivity index (χ0v) is 10.5. The van der Waals surface area contributed by atoms with Crippen LogP contribution in [0.25, 0.3) is 0 Å². The van der Waals surface area contributed by atoms with Crippen molar-refractivity contribution in [2.75, 3.05) is 32.1 Å². The van der Waals surface area contributed by atoms with E-state index in [4.69, 9.17) is 9.47 Å². The summed E-state index contributed by atoms with van der Waals surface area (Å²) >= 11 is 1.33. The first-order valence-electron chi connectivity index (χ1n) is 5.20. The van der Waals surface area contributed by atoms with Crippen LogP contribution in [0.3, 0.4) is 0 Å². The Hall–Kier alpha value is -1.25. The summed E-state index contributed by atoms with van der Waals surface area (Å²) in [5.41, 5.74) is 0. The van der Waals surface area contributed by atoms with Gasteiger partial charge in [-0.1, -0.05) is 11.3 Å². The van der Waals surface area contributed by atoms with E-state index < -0.39 is 0 Å². The molecule has 1 aromatic heterocycles. The molecule has 0 atom stereocenters. The van der Waals surface area contributed by atoms with Crippen molar-refractivity contribution < 1.29 is 14.3 Å². The molecule has 0 unspecified atom stereocenters. The maximum Gasteiger partial charge on any atom is 0.323 e. The monoisotopic (exact) mass is 258 g/mol. The van der Waals surface area contributed by atoms with Crippen molar-refractivity contribution in [1.29, 1.82) is 0 Å². The van der Waals surface area contributed by atoms with Gasteiger partial charge in [-0.05, 0) is 6.92 Å². The molecule has 1 aliphatic rings. The van der Waals surface area contributed by atoms with E-state index in [2.05, 4.69) is 15.5 Å². The Balaban J connectivity index is 1.82. The number of nitrogens with zero attached hydrogens (tertiary/aromatic N) is 3. The Morgan fingerprint density at radius 3 is 2.82 bits per heavy atom. The van der Waals surface area contributed by atoms with Crippen LogP contribution in [0, 0.1) is 6.92 Å². The van der Waals surface area contributed by atoms with Gasteiger partial charge in [0.05, 0.1) is 19.8 Å². The molecule has 2 rings (SSSR count). The smallest absolute Gasteiger partial charge is 0.323 e. The second kappa shape index (κ2) is 5.39. The van der Waals surface area contributed by atoms with Gasteiger partial charge in [0.2, 0.25) is 5.13 Å². The maximum atomic E-state index is 11.8. The fourth-order valence-corrected chi connectivity index (χ4v) is 1.93. The fraction of sp³-hybridized carbons (Fsp3) is 0.667. The first-order valence-corrected chi connectivity index (χ1v) is 6.02. The molecule has 17 heavy (non-hydrogen) atoms. The van der Waals surface area contributed by atoms with Gasteiger partial charge in [0, 0.05) is 7.05 Å². The van der Waals surface area contributed by atoms with Gasteiger partial charge in [-0.25, -0.2) is 4.79 Å². The molecule has 0 saturated carbocycles. The fourth-order valence-electron chi connectivity index (χ4n) is 1.35. The lowest BCUT2D eigenvalue weighted by atomic mass is 10.5. The Morgan fingerprint density at radius 2 is 2.24 bits per heavy atom. The molecule has 1 fully saturated rings. The topological polar surface area (TPSA) is 76.6 Å². The molecule has 0 bridgehead atoms. The number of amides is 2. The summed E-state index contributed by atoms with van der Waals surface area (Å²) in [6.07, 6.45) is -0.332. The lowest BCUT2D eigenvalue weighted by Gasteiger charge is -2.19. The first kappa shape index (κ1) is 12.2. The second-order valence-corrected chi connectivity index (χ2v) is 4.79. The molecule has 1 aliphatic heterocycles. The van der Waals surface area contributed by atoms with Crippen molar-refractivity contribution in [3.63, 3.8) is 0 Å². The lowest BCUT2D eigenvalue weighted by molar-refractivity contribution is -0.0518. The zero-order chi connectivity index (χ0) is 12.3. The molecular formula is C9H14N4O3S. The highest BCUT2D eigenvalue weighted by Crippen LogP contribution is 2.14. The molecule has 94 valence electrons. The van der Waals surface area contributed by atoms with E-state index in [1.165, 1.54) is 16.2 Å². The van der Waals surface area contributed by atoms with E-state index in [9.17, 15) is 4.79 Å². The van der Waals surface area contributed by atoms with E-state index in [0.717, 1.165) is 5.01 Å². The predicted molar refractivity (Wildman–Crippen MR) is 62.0 cm³/mol. The summed E-state index contributed by atoms with van der Waals surface area (Å²) in [6, 6.07) is -0.250. The van der Waals surface area contributed by atoms with Gasteiger partial charge in [-0.2, -0.15) is 0 Å². The predicted octanol–water partition coefficient (Wildman–Crippen LogP) is 0.683. The summed E-state index contributed by atoms with van der Waals surface area (Å²) in [5, 5.41) is 11.6. The first-order chi connectivity index (χ1) is 8.15. The van der Waals surface area contributed by atoms with Gasteiger partial charge >= 0.3 is 6.03 Å². The molecule has 0 radical (unpaired) electrons. The number of hydrogen-bond acceptors (Lipinski definition) is 6.